The lowest BCUT2D eigenvalue weighted by atomic mass is 9.83. The Morgan fingerprint density at radius 2 is 1.60 bits per heavy atom. The maximum atomic E-state index is 11.5. The average Bonchev–Trinajstić information content (AvgIpc) is 2.23. The van der Waals surface area contributed by atoms with Gasteiger partial charge >= 0.3 is 11.9 Å². The van der Waals surface area contributed by atoms with Crippen LogP contribution in [0.2, 0.25) is 0 Å². The highest BCUT2D eigenvalue weighted by Crippen LogP contribution is 2.24. The van der Waals surface area contributed by atoms with Crippen LogP contribution in [0.15, 0.2) is 0 Å². The van der Waals surface area contributed by atoms with Crippen molar-refractivity contribution in [2.45, 2.75) is 27.2 Å². The molecule has 4 nitrogen and oxygen atoms in total. The first kappa shape index (κ1) is 13.9. The Labute approximate surface area is 90.9 Å². The Bertz CT molecular complexity index is 223. The Morgan fingerprint density at radius 3 is 1.93 bits per heavy atom. The van der Waals surface area contributed by atoms with Crippen molar-refractivity contribution in [2.24, 2.45) is 17.8 Å². The van der Waals surface area contributed by atoms with Crippen LogP contribution in [0.1, 0.15) is 27.2 Å². The summed E-state index contributed by atoms with van der Waals surface area (Å²) in [4.78, 5) is 22.6. The minimum Gasteiger partial charge on any atom is -0.469 e. The molecule has 0 aliphatic heterocycles. The Hall–Kier alpha value is -1.06. The quantitative estimate of drug-likeness (QED) is 0.655. The van der Waals surface area contributed by atoms with Crippen LogP contribution < -0.4 is 0 Å². The van der Waals surface area contributed by atoms with Crippen molar-refractivity contribution in [2.75, 3.05) is 14.2 Å². The van der Waals surface area contributed by atoms with Gasteiger partial charge < -0.3 is 9.47 Å². The lowest BCUT2D eigenvalue weighted by Gasteiger charge is -2.23. The first-order chi connectivity index (χ1) is 6.93. The third kappa shape index (κ3) is 4.32. The maximum absolute atomic E-state index is 11.5. The lowest BCUT2D eigenvalue weighted by Crippen LogP contribution is -2.29. The van der Waals surface area contributed by atoms with Gasteiger partial charge in [0.2, 0.25) is 0 Å². The SMILES string of the molecule is COC(=O)C[C@@H](C(=O)OC)C(C)C(C)C. The van der Waals surface area contributed by atoms with Crippen LogP contribution in [0.3, 0.4) is 0 Å². The van der Waals surface area contributed by atoms with Crippen LogP contribution in [0.4, 0.5) is 0 Å². The topological polar surface area (TPSA) is 52.6 Å². The Kier molecular flexibility index (Phi) is 5.97. The van der Waals surface area contributed by atoms with E-state index in [0.29, 0.717) is 5.92 Å². The molecule has 4 heteroatoms. The molecule has 0 amide bonds. The molecule has 0 saturated heterocycles. The molecule has 0 aromatic heterocycles. The number of carbonyl (C=O) groups is 2. The molecule has 0 N–H and O–H groups in total. The van der Waals surface area contributed by atoms with Crippen molar-refractivity contribution in [3.05, 3.63) is 0 Å². The largest absolute Gasteiger partial charge is 0.469 e. The highest BCUT2D eigenvalue weighted by molar-refractivity contribution is 5.80. The van der Waals surface area contributed by atoms with E-state index in [1.807, 2.05) is 20.8 Å². The van der Waals surface area contributed by atoms with Crippen LogP contribution in [0.5, 0.6) is 0 Å². The first-order valence-corrected chi connectivity index (χ1v) is 5.08. The highest BCUT2D eigenvalue weighted by Gasteiger charge is 2.30. The zero-order valence-electron chi connectivity index (χ0n) is 10.1. The standard InChI is InChI=1S/C11H20O4/c1-7(2)8(3)9(11(13)15-5)6-10(12)14-4/h7-9H,6H2,1-5H3/t8?,9-/m1/s1. The fourth-order valence-electron chi connectivity index (χ4n) is 1.36. The summed E-state index contributed by atoms with van der Waals surface area (Å²) in [5, 5.41) is 0. The van der Waals surface area contributed by atoms with Crippen LogP contribution in [0, 0.1) is 17.8 Å². The molecule has 0 bridgehead atoms. The summed E-state index contributed by atoms with van der Waals surface area (Å²) in [5.41, 5.74) is 0. The van der Waals surface area contributed by atoms with Crippen molar-refractivity contribution >= 4 is 11.9 Å². The number of rotatable bonds is 5. The van der Waals surface area contributed by atoms with E-state index < -0.39 is 5.92 Å². The van der Waals surface area contributed by atoms with Gasteiger partial charge in [0.1, 0.15) is 0 Å². The van der Waals surface area contributed by atoms with Gasteiger partial charge in [-0.25, -0.2) is 0 Å². The minimum atomic E-state index is -0.414. The van der Waals surface area contributed by atoms with Crippen molar-refractivity contribution < 1.29 is 19.1 Å². The van der Waals surface area contributed by atoms with Crippen molar-refractivity contribution in [3.8, 4) is 0 Å². The molecule has 88 valence electrons. The number of hydrogen-bond donors (Lipinski definition) is 0. The van der Waals surface area contributed by atoms with Gasteiger partial charge in [-0.1, -0.05) is 20.8 Å². The van der Waals surface area contributed by atoms with Crippen LogP contribution >= 0.6 is 0 Å². The predicted octanol–water partition coefficient (Wildman–Crippen LogP) is 1.63. The van der Waals surface area contributed by atoms with Gasteiger partial charge in [0.25, 0.3) is 0 Å². The number of carbonyl (C=O) groups excluding carboxylic acids is 2. The summed E-state index contributed by atoms with van der Waals surface area (Å²) in [6.45, 7) is 5.96. The first-order valence-electron chi connectivity index (χ1n) is 5.08. The molecular weight excluding hydrogens is 196 g/mol. The number of methoxy groups -OCH3 is 2. The molecule has 2 atom stereocenters. The molecule has 0 saturated carbocycles. The lowest BCUT2D eigenvalue weighted by molar-refractivity contribution is -0.154. The molecule has 0 radical (unpaired) electrons. The fourth-order valence-corrected chi connectivity index (χ4v) is 1.36. The van der Waals surface area contributed by atoms with E-state index in [2.05, 4.69) is 9.47 Å². The fraction of sp³-hybridized carbons (Fsp3) is 0.818. The molecule has 0 heterocycles. The normalized spacial score (nSPS) is 14.5. The number of ether oxygens (including phenoxy) is 2. The second-order valence-electron chi connectivity index (χ2n) is 4.01. The zero-order chi connectivity index (χ0) is 12.0. The van der Waals surface area contributed by atoms with E-state index in [0.717, 1.165) is 0 Å². The van der Waals surface area contributed by atoms with E-state index >= 15 is 0 Å². The molecule has 1 unspecified atom stereocenters. The van der Waals surface area contributed by atoms with Gasteiger partial charge in [0.05, 0.1) is 26.6 Å². The van der Waals surface area contributed by atoms with Crippen LogP contribution in [-0.4, -0.2) is 26.2 Å². The molecule has 0 aromatic carbocycles. The van der Waals surface area contributed by atoms with Gasteiger partial charge in [-0.2, -0.15) is 0 Å². The van der Waals surface area contributed by atoms with Crippen molar-refractivity contribution in [1.29, 1.82) is 0 Å². The molecule has 0 fully saturated rings. The smallest absolute Gasteiger partial charge is 0.309 e. The monoisotopic (exact) mass is 216 g/mol. The predicted molar refractivity (Wildman–Crippen MR) is 56.1 cm³/mol. The molecular formula is C11H20O4. The van der Waals surface area contributed by atoms with Gasteiger partial charge in [-0.15, -0.1) is 0 Å². The second-order valence-corrected chi connectivity index (χ2v) is 4.01. The third-order valence-electron chi connectivity index (χ3n) is 2.80. The second kappa shape index (κ2) is 6.43. The van der Waals surface area contributed by atoms with E-state index in [4.69, 9.17) is 0 Å². The van der Waals surface area contributed by atoms with E-state index in [1.165, 1.54) is 14.2 Å². The van der Waals surface area contributed by atoms with Gasteiger partial charge in [0, 0.05) is 0 Å². The molecule has 0 spiro atoms. The number of hydrogen-bond acceptors (Lipinski definition) is 4. The maximum Gasteiger partial charge on any atom is 0.309 e. The summed E-state index contributed by atoms with van der Waals surface area (Å²) in [6, 6.07) is 0. The van der Waals surface area contributed by atoms with Gasteiger partial charge in [0.15, 0.2) is 0 Å². The summed E-state index contributed by atoms with van der Waals surface area (Å²) < 4.78 is 9.24. The van der Waals surface area contributed by atoms with Crippen molar-refractivity contribution in [3.63, 3.8) is 0 Å². The van der Waals surface area contributed by atoms with Gasteiger partial charge in [-0.05, 0) is 11.8 Å². The summed E-state index contributed by atoms with van der Waals surface area (Å²) >= 11 is 0. The van der Waals surface area contributed by atoms with Crippen LogP contribution in [-0.2, 0) is 19.1 Å². The minimum absolute atomic E-state index is 0.0858. The zero-order valence-corrected chi connectivity index (χ0v) is 10.1. The van der Waals surface area contributed by atoms with E-state index in [-0.39, 0.29) is 24.3 Å². The Balaban J connectivity index is 4.58. The summed E-state index contributed by atoms with van der Waals surface area (Å²) in [5.74, 6) is -0.725. The number of esters is 2. The Morgan fingerprint density at radius 1 is 1.07 bits per heavy atom. The van der Waals surface area contributed by atoms with Crippen molar-refractivity contribution in [1.82, 2.24) is 0 Å². The summed E-state index contributed by atoms with van der Waals surface area (Å²) in [7, 11) is 2.65. The van der Waals surface area contributed by atoms with Gasteiger partial charge in [-0.3, -0.25) is 9.59 Å². The molecule has 0 aliphatic carbocycles. The molecule has 0 rings (SSSR count). The third-order valence-corrected chi connectivity index (χ3v) is 2.80. The van der Waals surface area contributed by atoms with E-state index in [9.17, 15) is 9.59 Å². The average molecular weight is 216 g/mol. The van der Waals surface area contributed by atoms with Crippen LogP contribution in [0.25, 0.3) is 0 Å². The summed E-state index contributed by atoms with van der Waals surface area (Å²) in [6.07, 6.45) is 0.0858. The molecule has 15 heavy (non-hydrogen) atoms. The molecule has 0 aliphatic rings. The molecule has 0 aromatic rings. The highest BCUT2D eigenvalue weighted by atomic mass is 16.5. The van der Waals surface area contributed by atoms with E-state index in [1.54, 1.807) is 0 Å².